The van der Waals surface area contributed by atoms with Crippen molar-refractivity contribution in [2.24, 2.45) is 0 Å². The third kappa shape index (κ3) is 4.25. The van der Waals surface area contributed by atoms with Gasteiger partial charge in [0.05, 0.1) is 4.92 Å². The van der Waals surface area contributed by atoms with Gasteiger partial charge in [-0.15, -0.1) is 5.10 Å². The van der Waals surface area contributed by atoms with Crippen LogP contribution in [0.5, 0.6) is 0 Å². The average molecular weight is 416 g/mol. The highest BCUT2D eigenvalue weighted by molar-refractivity contribution is 6.06. The van der Waals surface area contributed by atoms with E-state index in [9.17, 15) is 14.9 Å². The largest absolute Gasteiger partial charge is 0.306 e. The van der Waals surface area contributed by atoms with Gasteiger partial charge in [0.25, 0.3) is 17.4 Å². The molecule has 2 aromatic heterocycles. The molecule has 4 aromatic rings. The summed E-state index contributed by atoms with van der Waals surface area (Å²) < 4.78 is 1.45. The molecule has 0 aliphatic heterocycles. The summed E-state index contributed by atoms with van der Waals surface area (Å²) in [6.45, 7) is 2.08. The number of nitrogens with zero attached hydrogens (tertiary/aromatic N) is 5. The molecule has 2 heterocycles. The van der Waals surface area contributed by atoms with Crippen molar-refractivity contribution in [1.29, 1.82) is 0 Å². The second-order valence-electron chi connectivity index (χ2n) is 6.98. The minimum Gasteiger partial charge on any atom is -0.306 e. The van der Waals surface area contributed by atoms with Crippen LogP contribution in [0.4, 0.5) is 11.5 Å². The Morgan fingerprint density at radius 1 is 1.10 bits per heavy atom. The van der Waals surface area contributed by atoms with E-state index in [1.165, 1.54) is 22.7 Å². The Morgan fingerprint density at radius 3 is 2.58 bits per heavy atom. The monoisotopic (exact) mass is 416 g/mol. The number of aryl methyl sites for hydroxylation is 1. The number of carbonyl (C=O) groups is 1. The number of nitro benzene ring substituents is 1. The molecule has 9 nitrogen and oxygen atoms in total. The molecule has 1 N–H and O–H groups in total. The van der Waals surface area contributed by atoms with Crippen LogP contribution in [0.3, 0.4) is 0 Å². The van der Waals surface area contributed by atoms with Crippen molar-refractivity contribution in [2.45, 2.75) is 26.2 Å². The van der Waals surface area contributed by atoms with Gasteiger partial charge < -0.3 is 5.32 Å². The zero-order valence-electron chi connectivity index (χ0n) is 16.9. The van der Waals surface area contributed by atoms with E-state index in [0.29, 0.717) is 17.4 Å². The Morgan fingerprint density at radius 2 is 1.84 bits per heavy atom. The smallest absolute Gasteiger partial charge is 0.282 e. The van der Waals surface area contributed by atoms with E-state index in [2.05, 4.69) is 27.3 Å². The van der Waals surface area contributed by atoms with Crippen molar-refractivity contribution in [3.05, 3.63) is 82.0 Å². The van der Waals surface area contributed by atoms with Gasteiger partial charge in [-0.1, -0.05) is 55.8 Å². The topological polar surface area (TPSA) is 115 Å². The maximum atomic E-state index is 12.9. The van der Waals surface area contributed by atoms with Gasteiger partial charge in [-0.25, -0.2) is 4.98 Å². The van der Waals surface area contributed by atoms with E-state index < -0.39 is 10.8 Å². The number of benzene rings is 2. The quantitative estimate of drug-likeness (QED) is 0.355. The molecule has 0 saturated heterocycles. The molecule has 0 fully saturated rings. The molecule has 9 heteroatoms. The molecule has 0 spiro atoms. The van der Waals surface area contributed by atoms with Crippen molar-refractivity contribution in [1.82, 2.24) is 19.6 Å². The van der Waals surface area contributed by atoms with Crippen molar-refractivity contribution in [3.63, 3.8) is 0 Å². The van der Waals surface area contributed by atoms with Gasteiger partial charge in [-0.3, -0.25) is 14.9 Å². The maximum Gasteiger partial charge on any atom is 0.282 e. The van der Waals surface area contributed by atoms with Gasteiger partial charge in [-0.05, 0) is 18.9 Å². The summed E-state index contributed by atoms with van der Waals surface area (Å²) in [5.74, 6) is 0.583. The predicted octanol–water partition coefficient (Wildman–Crippen LogP) is 4.29. The lowest BCUT2D eigenvalue weighted by molar-refractivity contribution is -0.385. The van der Waals surface area contributed by atoms with Crippen LogP contribution in [0.15, 0.2) is 60.7 Å². The van der Waals surface area contributed by atoms with Gasteiger partial charge in [0.1, 0.15) is 11.4 Å². The SMILES string of the molecule is CCCCc1cc(NC(=O)c2ccccc2[N+](=O)[O-])n2nc(-c3ccccc3)nc2n1. The molecule has 0 bridgehead atoms. The number of nitro groups is 1. The highest BCUT2D eigenvalue weighted by atomic mass is 16.6. The first-order valence-electron chi connectivity index (χ1n) is 9.93. The first kappa shape index (κ1) is 20.1. The second kappa shape index (κ2) is 8.70. The Kier molecular flexibility index (Phi) is 5.65. The van der Waals surface area contributed by atoms with Crippen LogP contribution in [-0.4, -0.2) is 30.4 Å². The van der Waals surface area contributed by atoms with E-state index in [4.69, 9.17) is 0 Å². The molecule has 2 aromatic carbocycles. The molecule has 4 rings (SSSR count). The lowest BCUT2D eigenvalue weighted by Gasteiger charge is -2.09. The molecular formula is C22H20N6O3. The third-order valence-electron chi connectivity index (χ3n) is 4.77. The molecule has 0 unspecified atom stereocenters. The average Bonchev–Trinajstić information content (AvgIpc) is 3.23. The highest BCUT2D eigenvalue weighted by Crippen LogP contribution is 2.22. The Bertz CT molecular complexity index is 1250. The van der Waals surface area contributed by atoms with E-state index in [-0.39, 0.29) is 11.3 Å². The number of amides is 1. The second-order valence-corrected chi connectivity index (χ2v) is 6.98. The first-order valence-corrected chi connectivity index (χ1v) is 9.93. The summed E-state index contributed by atoms with van der Waals surface area (Å²) in [4.78, 5) is 32.7. The molecule has 0 atom stereocenters. The van der Waals surface area contributed by atoms with Gasteiger partial charge in [-0.2, -0.15) is 9.50 Å². The van der Waals surface area contributed by atoms with Crippen molar-refractivity contribution in [2.75, 3.05) is 5.32 Å². The number of para-hydroxylation sites is 1. The fourth-order valence-electron chi connectivity index (χ4n) is 3.21. The Balaban J connectivity index is 1.77. The summed E-state index contributed by atoms with van der Waals surface area (Å²) >= 11 is 0. The number of fused-ring (bicyclic) bond motifs is 1. The molecule has 0 aliphatic rings. The van der Waals surface area contributed by atoms with Crippen molar-refractivity contribution >= 4 is 23.2 Å². The van der Waals surface area contributed by atoms with Crippen molar-refractivity contribution in [3.8, 4) is 11.4 Å². The summed E-state index contributed by atoms with van der Waals surface area (Å²) in [6.07, 6.45) is 2.64. The Hall–Kier alpha value is -4.14. The van der Waals surface area contributed by atoms with Crippen LogP contribution in [0.2, 0.25) is 0 Å². The van der Waals surface area contributed by atoms with E-state index >= 15 is 0 Å². The number of carbonyl (C=O) groups excluding carboxylic acids is 1. The lowest BCUT2D eigenvalue weighted by atomic mass is 10.1. The Labute approximate surface area is 177 Å². The number of rotatable bonds is 7. The van der Waals surface area contributed by atoms with Crippen LogP contribution >= 0.6 is 0 Å². The number of hydrogen-bond acceptors (Lipinski definition) is 6. The number of aromatic nitrogens is 4. The molecule has 0 saturated carbocycles. The number of nitrogens with one attached hydrogen (secondary N) is 1. The van der Waals surface area contributed by atoms with Gasteiger partial charge in [0, 0.05) is 23.4 Å². The first-order chi connectivity index (χ1) is 15.1. The van der Waals surface area contributed by atoms with E-state index in [1.54, 1.807) is 12.1 Å². The molecule has 0 aliphatic carbocycles. The number of anilines is 1. The van der Waals surface area contributed by atoms with E-state index in [0.717, 1.165) is 30.5 Å². The van der Waals surface area contributed by atoms with Gasteiger partial charge in [0.15, 0.2) is 5.82 Å². The molecular weight excluding hydrogens is 396 g/mol. The van der Waals surface area contributed by atoms with Crippen LogP contribution in [0, 0.1) is 10.1 Å². The maximum absolute atomic E-state index is 12.9. The molecule has 31 heavy (non-hydrogen) atoms. The normalized spacial score (nSPS) is 10.9. The fraction of sp³-hybridized carbons (Fsp3) is 0.182. The predicted molar refractivity (Wildman–Crippen MR) is 116 cm³/mol. The minimum absolute atomic E-state index is 0.0315. The fourth-order valence-corrected chi connectivity index (χ4v) is 3.21. The molecule has 0 radical (unpaired) electrons. The van der Waals surface area contributed by atoms with Crippen LogP contribution < -0.4 is 5.32 Å². The van der Waals surface area contributed by atoms with Crippen LogP contribution in [-0.2, 0) is 6.42 Å². The van der Waals surface area contributed by atoms with E-state index in [1.807, 2.05) is 30.3 Å². The van der Waals surface area contributed by atoms with Crippen LogP contribution in [0.25, 0.3) is 17.2 Å². The summed E-state index contributed by atoms with van der Waals surface area (Å²) in [5.41, 5.74) is 1.29. The standard InChI is InChI=1S/C22H20N6O3/c1-2-3-11-16-14-19(24-21(29)17-12-7-8-13-18(17)28(30)31)27-22(23-16)25-20(26-27)15-9-5-4-6-10-15/h4-10,12-14H,2-3,11H2,1H3,(H,24,29). The minimum atomic E-state index is -0.599. The zero-order chi connectivity index (χ0) is 21.8. The van der Waals surface area contributed by atoms with Gasteiger partial charge in [0.2, 0.25) is 0 Å². The third-order valence-corrected chi connectivity index (χ3v) is 4.77. The molecule has 1 amide bonds. The number of hydrogen-bond donors (Lipinski definition) is 1. The number of unbranched alkanes of at least 4 members (excludes halogenated alkanes) is 1. The summed E-state index contributed by atoms with van der Waals surface area (Å²) in [6, 6.07) is 17.0. The van der Waals surface area contributed by atoms with Crippen molar-refractivity contribution < 1.29 is 9.72 Å². The highest BCUT2D eigenvalue weighted by Gasteiger charge is 2.21. The lowest BCUT2D eigenvalue weighted by Crippen LogP contribution is -2.17. The summed E-state index contributed by atoms with van der Waals surface area (Å²) in [7, 11) is 0. The van der Waals surface area contributed by atoms with Gasteiger partial charge >= 0.3 is 0 Å². The van der Waals surface area contributed by atoms with Crippen LogP contribution in [0.1, 0.15) is 35.8 Å². The zero-order valence-corrected chi connectivity index (χ0v) is 16.9. The molecule has 156 valence electrons. The summed E-state index contributed by atoms with van der Waals surface area (Å²) in [5, 5.41) is 18.6.